The van der Waals surface area contributed by atoms with E-state index in [-0.39, 0.29) is 0 Å². The average molecular weight is 188 g/mol. The summed E-state index contributed by atoms with van der Waals surface area (Å²) in [5, 5.41) is 0. The summed E-state index contributed by atoms with van der Waals surface area (Å²) >= 11 is 0. The van der Waals surface area contributed by atoms with Crippen LogP contribution in [0.25, 0.3) is 0 Å². The zero-order valence-corrected chi connectivity index (χ0v) is 8.86. The molecule has 0 N–H and O–H groups in total. The minimum Gasteiger partial charge on any atom is -0.0885 e. The van der Waals surface area contributed by atoms with E-state index < -0.39 is 0 Å². The van der Waals surface area contributed by atoms with E-state index in [1.54, 1.807) is 0 Å². The summed E-state index contributed by atoms with van der Waals surface area (Å²) < 4.78 is 0. The molecule has 0 spiro atoms. The fraction of sp³-hybridized carbons (Fsp3) is 0.429. The molecular weight excluding hydrogens is 168 g/mol. The molecule has 1 aliphatic carbocycles. The first-order valence-electron chi connectivity index (χ1n) is 5.62. The van der Waals surface area contributed by atoms with Crippen molar-refractivity contribution in [2.24, 2.45) is 0 Å². The Morgan fingerprint density at radius 1 is 0.500 bits per heavy atom. The predicted molar refractivity (Wildman–Crippen MR) is 64.3 cm³/mol. The van der Waals surface area contributed by atoms with E-state index in [0.717, 1.165) is 6.42 Å². The van der Waals surface area contributed by atoms with Gasteiger partial charge in [0.2, 0.25) is 0 Å². The number of hydrogen-bond acceptors (Lipinski definition) is 0. The van der Waals surface area contributed by atoms with Crippen LogP contribution in [0.3, 0.4) is 0 Å². The van der Waals surface area contributed by atoms with Crippen molar-refractivity contribution in [2.75, 3.05) is 0 Å². The fourth-order valence-electron chi connectivity index (χ4n) is 1.41. The Balaban J connectivity index is 2.34. The van der Waals surface area contributed by atoms with E-state index in [9.17, 15) is 0 Å². The Bertz CT molecular complexity index is 228. The van der Waals surface area contributed by atoms with Crippen LogP contribution < -0.4 is 0 Å². The van der Waals surface area contributed by atoms with Gasteiger partial charge >= 0.3 is 0 Å². The van der Waals surface area contributed by atoms with Gasteiger partial charge in [-0.1, -0.05) is 48.6 Å². The normalized spacial score (nSPS) is 28.6. The van der Waals surface area contributed by atoms with Gasteiger partial charge in [0.25, 0.3) is 0 Å². The highest BCUT2D eigenvalue weighted by atomic mass is 13.9. The van der Waals surface area contributed by atoms with E-state index in [0.29, 0.717) is 0 Å². The van der Waals surface area contributed by atoms with Crippen molar-refractivity contribution < 1.29 is 0 Å². The zero-order chi connectivity index (χ0) is 9.90. The minimum atomic E-state index is 1.06. The van der Waals surface area contributed by atoms with Crippen molar-refractivity contribution in [1.82, 2.24) is 0 Å². The van der Waals surface area contributed by atoms with Gasteiger partial charge in [0.1, 0.15) is 0 Å². The van der Waals surface area contributed by atoms with E-state index in [1.165, 1.54) is 32.1 Å². The highest BCUT2D eigenvalue weighted by Crippen LogP contribution is 2.02. The average Bonchev–Trinajstić information content (AvgIpc) is 2.22. The molecule has 0 aromatic heterocycles. The van der Waals surface area contributed by atoms with Crippen molar-refractivity contribution in [2.45, 2.75) is 38.5 Å². The standard InChI is InChI=1S/C14H20/c1-2-4-6-8-10-12-14-13-11-9-7-5-3-1/h1-4,7,9,12,14H,5-6,8,10-11,13H2/b3-1-,4-2+,9-7+,14-12-. The molecule has 0 heteroatoms. The molecule has 0 amide bonds. The van der Waals surface area contributed by atoms with Gasteiger partial charge in [-0.3, -0.25) is 0 Å². The summed E-state index contributed by atoms with van der Waals surface area (Å²) in [6.45, 7) is 0. The summed E-state index contributed by atoms with van der Waals surface area (Å²) in [5.41, 5.74) is 0. The van der Waals surface area contributed by atoms with Crippen molar-refractivity contribution in [1.29, 1.82) is 0 Å². The lowest BCUT2D eigenvalue weighted by atomic mass is 10.2. The fourth-order valence-corrected chi connectivity index (χ4v) is 1.41. The Morgan fingerprint density at radius 3 is 2.07 bits per heavy atom. The van der Waals surface area contributed by atoms with Crippen molar-refractivity contribution in [3.8, 4) is 0 Å². The van der Waals surface area contributed by atoms with Crippen LogP contribution in [0.1, 0.15) is 38.5 Å². The summed E-state index contributed by atoms with van der Waals surface area (Å²) in [4.78, 5) is 0. The number of allylic oxidation sites excluding steroid dienone is 8. The topological polar surface area (TPSA) is 0 Å². The van der Waals surface area contributed by atoms with Gasteiger partial charge < -0.3 is 0 Å². The molecule has 0 saturated heterocycles. The lowest BCUT2D eigenvalue weighted by Crippen LogP contribution is -1.71. The smallest absolute Gasteiger partial charge is 0.0166 e. The first-order chi connectivity index (χ1) is 7.00. The maximum Gasteiger partial charge on any atom is -0.0166 e. The molecule has 0 fully saturated rings. The molecule has 0 radical (unpaired) electrons. The number of hydrogen-bond donors (Lipinski definition) is 0. The highest BCUT2D eigenvalue weighted by molar-refractivity contribution is 5.05. The molecule has 0 atom stereocenters. The lowest BCUT2D eigenvalue weighted by Gasteiger charge is -1.91. The maximum absolute atomic E-state index is 2.31. The summed E-state index contributed by atoms with van der Waals surface area (Å²) in [5.74, 6) is 0. The van der Waals surface area contributed by atoms with Crippen LogP contribution in [0, 0.1) is 0 Å². The van der Waals surface area contributed by atoms with E-state index in [4.69, 9.17) is 0 Å². The van der Waals surface area contributed by atoms with E-state index in [1.807, 2.05) is 0 Å². The molecule has 0 nitrogen and oxygen atoms in total. The van der Waals surface area contributed by atoms with Crippen molar-refractivity contribution in [3.63, 3.8) is 0 Å². The van der Waals surface area contributed by atoms with Gasteiger partial charge in [-0.25, -0.2) is 0 Å². The second-order valence-corrected chi connectivity index (χ2v) is 3.54. The second-order valence-electron chi connectivity index (χ2n) is 3.54. The molecule has 0 aromatic carbocycles. The lowest BCUT2D eigenvalue weighted by molar-refractivity contribution is 0.862. The molecule has 0 heterocycles. The summed E-state index contributed by atoms with van der Waals surface area (Å²) in [6.07, 6.45) is 25.0. The zero-order valence-electron chi connectivity index (χ0n) is 8.86. The molecule has 76 valence electrons. The monoisotopic (exact) mass is 188 g/mol. The largest absolute Gasteiger partial charge is 0.0885 e. The second kappa shape index (κ2) is 8.55. The third-order valence-electron chi connectivity index (χ3n) is 2.23. The number of rotatable bonds is 0. The Kier molecular flexibility index (Phi) is 6.74. The SMILES string of the molecule is C1=C\C/C=C/CC/C=C\CCC/C=C/1. The van der Waals surface area contributed by atoms with Crippen LogP contribution in [0.5, 0.6) is 0 Å². The minimum absolute atomic E-state index is 1.06. The van der Waals surface area contributed by atoms with Gasteiger partial charge in [-0.2, -0.15) is 0 Å². The van der Waals surface area contributed by atoms with E-state index >= 15 is 0 Å². The first kappa shape index (κ1) is 11.0. The third kappa shape index (κ3) is 6.47. The van der Waals surface area contributed by atoms with Crippen molar-refractivity contribution in [3.05, 3.63) is 48.6 Å². The molecule has 14 heavy (non-hydrogen) atoms. The van der Waals surface area contributed by atoms with Crippen LogP contribution in [-0.4, -0.2) is 0 Å². The molecule has 0 saturated carbocycles. The molecule has 0 aliphatic heterocycles. The molecule has 1 rings (SSSR count). The third-order valence-corrected chi connectivity index (χ3v) is 2.23. The molecule has 0 unspecified atom stereocenters. The van der Waals surface area contributed by atoms with Gasteiger partial charge in [0.15, 0.2) is 0 Å². The van der Waals surface area contributed by atoms with Gasteiger partial charge in [-0.15, -0.1) is 0 Å². The van der Waals surface area contributed by atoms with Gasteiger partial charge in [0, 0.05) is 0 Å². The quantitative estimate of drug-likeness (QED) is 0.489. The highest BCUT2D eigenvalue weighted by Gasteiger charge is 1.81. The molecule has 0 bridgehead atoms. The van der Waals surface area contributed by atoms with Crippen molar-refractivity contribution >= 4 is 0 Å². The van der Waals surface area contributed by atoms with E-state index in [2.05, 4.69) is 48.6 Å². The summed E-state index contributed by atoms with van der Waals surface area (Å²) in [6, 6.07) is 0. The van der Waals surface area contributed by atoms with Crippen LogP contribution in [0.2, 0.25) is 0 Å². The molecule has 0 aromatic rings. The van der Waals surface area contributed by atoms with Crippen LogP contribution in [0.15, 0.2) is 48.6 Å². The van der Waals surface area contributed by atoms with Crippen LogP contribution in [0.4, 0.5) is 0 Å². The summed E-state index contributed by atoms with van der Waals surface area (Å²) in [7, 11) is 0. The maximum atomic E-state index is 2.31. The first-order valence-corrected chi connectivity index (χ1v) is 5.62. The van der Waals surface area contributed by atoms with Gasteiger partial charge in [0.05, 0.1) is 0 Å². The molecular formula is C14H20. The Hall–Kier alpha value is -1.04. The van der Waals surface area contributed by atoms with Gasteiger partial charge in [-0.05, 0) is 38.5 Å². The molecule has 1 aliphatic rings. The van der Waals surface area contributed by atoms with Crippen LogP contribution in [-0.2, 0) is 0 Å². The predicted octanol–water partition coefficient (Wildman–Crippen LogP) is 4.57. The Labute approximate surface area is 87.7 Å². The Morgan fingerprint density at radius 2 is 1.14 bits per heavy atom. The van der Waals surface area contributed by atoms with Crippen LogP contribution >= 0.6 is 0 Å².